The molecule has 104 valence electrons. The molecule has 0 aliphatic rings. The number of carboxylic acids is 1. The summed E-state index contributed by atoms with van der Waals surface area (Å²) in [5.41, 5.74) is 2.49. The Bertz CT molecular complexity index is 471. The van der Waals surface area contributed by atoms with Gasteiger partial charge in [-0.2, -0.15) is 0 Å². The molecule has 5 nitrogen and oxygen atoms in total. The Hall–Kier alpha value is -1.88. The van der Waals surface area contributed by atoms with Crippen molar-refractivity contribution in [3.05, 3.63) is 34.9 Å². The molecule has 1 rings (SSSR count). The highest BCUT2D eigenvalue weighted by atomic mass is 16.5. The monoisotopic (exact) mass is 265 g/mol. The Labute approximate surface area is 112 Å². The number of nitrogens with one attached hydrogen (secondary N) is 1. The van der Waals surface area contributed by atoms with E-state index in [4.69, 9.17) is 9.84 Å². The Balaban J connectivity index is 2.64. The Morgan fingerprint density at radius 3 is 2.63 bits per heavy atom. The number of hydrogen-bond acceptors (Lipinski definition) is 3. The Morgan fingerprint density at radius 2 is 2.05 bits per heavy atom. The van der Waals surface area contributed by atoms with E-state index < -0.39 is 12.1 Å². The maximum atomic E-state index is 12.0. The van der Waals surface area contributed by atoms with Gasteiger partial charge in [0.15, 0.2) is 0 Å². The van der Waals surface area contributed by atoms with E-state index in [1.165, 1.54) is 7.11 Å². The van der Waals surface area contributed by atoms with Crippen molar-refractivity contribution >= 4 is 11.9 Å². The van der Waals surface area contributed by atoms with Crippen LogP contribution in [-0.2, 0) is 9.53 Å². The fourth-order valence-corrected chi connectivity index (χ4v) is 1.72. The van der Waals surface area contributed by atoms with Gasteiger partial charge in [0.25, 0.3) is 5.91 Å². The summed E-state index contributed by atoms with van der Waals surface area (Å²) in [6.07, 6.45) is -0.657. The fraction of sp³-hybridized carbons (Fsp3) is 0.429. The highest BCUT2D eigenvalue weighted by molar-refractivity contribution is 5.95. The van der Waals surface area contributed by atoms with Crippen molar-refractivity contribution in [1.29, 1.82) is 0 Å². The van der Waals surface area contributed by atoms with Crippen LogP contribution in [0.15, 0.2) is 18.2 Å². The molecule has 5 heteroatoms. The van der Waals surface area contributed by atoms with E-state index in [0.717, 1.165) is 11.1 Å². The molecule has 0 heterocycles. The third-order valence-corrected chi connectivity index (χ3v) is 2.86. The van der Waals surface area contributed by atoms with E-state index in [9.17, 15) is 9.59 Å². The predicted molar refractivity (Wildman–Crippen MR) is 71.3 cm³/mol. The van der Waals surface area contributed by atoms with E-state index in [1.54, 1.807) is 0 Å². The van der Waals surface area contributed by atoms with Gasteiger partial charge in [-0.25, -0.2) is 0 Å². The molecule has 1 aromatic rings. The Morgan fingerprint density at radius 1 is 1.37 bits per heavy atom. The van der Waals surface area contributed by atoms with Crippen molar-refractivity contribution in [3.63, 3.8) is 0 Å². The maximum Gasteiger partial charge on any atom is 0.306 e. The molecule has 0 saturated carbocycles. The number of aliphatic carboxylic acids is 1. The van der Waals surface area contributed by atoms with Crippen LogP contribution < -0.4 is 5.32 Å². The normalized spacial score (nSPS) is 11.9. The van der Waals surface area contributed by atoms with Gasteiger partial charge in [0.1, 0.15) is 0 Å². The zero-order valence-electron chi connectivity index (χ0n) is 11.4. The second-order valence-electron chi connectivity index (χ2n) is 4.48. The lowest BCUT2D eigenvalue weighted by atomic mass is 10.1. The summed E-state index contributed by atoms with van der Waals surface area (Å²) in [6, 6.07) is 5.63. The molecule has 1 atom stereocenters. The van der Waals surface area contributed by atoms with Gasteiger partial charge in [-0.15, -0.1) is 0 Å². The van der Waals surface area contributed by atoms with Crippen LogP contribution in [-0.4, -0.2) is 36.7 Å². The van der Waals surface area contributed by atoms with Crippen LogP contribution in [0.5, 0.6) is 0 Å². The minimum absolute atomic E-state index is 0.135. The van der Waals surface area contributed by atoms with E-state index >= 15 is 0 Å². The van der Waals surface area contributed by atoms with Crippen molar-refractivity contribution < 1.29 is 19.4 Å². The van der Waals surface area contributed by atoms with E-state index in [-0.39, 0.29) is 18.9 Å². The number of carboxylic acid groups (broad SMARTS) is 1. The topological polar surface area (TPSA) is 75.6 Å². The number of aryl methyl sites for hydroxylation is 2. The summed E-state index contributed by atoms with van der Waals surface area (Å²) in [4.78, 5) is 22.6. The third kappa shape index (κ3) is 4.71. The van der Waals surface area contributed by atoms with Gasteiger partial charge >= 0.3 is 5.97 Å². The van der Waals surface area contributed by atoms with Crippen LogP contribution in [0.1, 0.15) is 27.9 Å². The van der Waals surface area contributed by atoms with Crippen LogP contribution in [0, 0.1) is 13.8 Å². The molecular weight excluding hydrogens is 246 g/mol. The lowest BCUT2D eigenvalue weighted by Gasteiger charge is -2.14. The van der Waals surface area contributed by atoms with Crippen LogP contribution in [0.2, 0.25) is 0 Å². The van der Waals surface area contributed by atoms with E-state index in [0.29, 0.717) is 5.56 Å². The number of methoxy groups -OCH3 is 1. The van der Waals surface area contributed by atoms with Crippen molar-refractivity contribution in [1.82, 2.24) is 5.32 Å². The first-order valence-corrected chi connectivity index (χ1v) is 6.04. The quantitative estimate of drug-likeness (QED) is 0.817. The van der Waals surface area contributed by atoms with Gasteiger partial charge in [-0.3, -0.25) is 9.59 Å². The molecule has 1 aromatic carbocycles. The summed E-state index contributed by atoms with van der Waals surface area (Å²) < 4.78 is 5.01. The number of benzene rings is 1. The lowest BCUT2D eigenvalue weighted by Crippen LogP contribution is -2.34. The standard InChI is InChI=1S/C14H19NO4/c1-9-4-5-10(2)12(6-9)14(18)15-8-11(19-3)7-13(16)17/h4-6,11H,7-8H2,1-3H3,(H,15,18)(H,16,17). The van der Waals surface area contributed by atoms with E-state index in [2.05, 4.69) is 5.32 Å². The maximum absolute atomic E-state index is 12.0. The second kappa shape index (κ2) is 6.89. The van der Waals surface area contributed by atoms with Gasteiger partial charge in [0.05, 0.1) is 12.5 Å². The van der Waals surface area contributed by atoms with Crippen molar-refractivity contribution in [2.75, 3.05) is 13.7 Å². The predicted octanol–water partition coefficient (Wildman–Crippen LogP) is 1.52. The summed E-state index contributed by atoms with van der Waals surface area (Å²) in [7, 11) is 1.43. The zero-order chi connectivity index (χ0) is 14.4. The number of hydrogen-bond donors (Lipinski definition) is 2. The smallest absolute Gasteiger partial charge is 0.306 e. The number of carbonyl (C=O) groups excluding carboxylic acids is 1. The largest absolute Gasteiger partial charge is 0.481 e. The van der Waals surface area contributed by atoms with Crippen LogP contribution >= 0.6 is 0 Å². The minimum atomic E-state index is -0.951. The van der Waals surface area contributed by atoms with Crippen LogP contribution in [0.4, 0.5) is 0 Å². The molecule has 19 heavy (non-hydrogen) atoms. The Kier molecular flexibility index (Phi) is 5.51. The molecule has 0 radical (unpaired) electrons. The molecular formula is C14H19NO4. The summed E-state index contributed by atoms with van der Waals surface area (Å²) in [5, 5.41) is 11.4. The lowest BCUT2D eigenvalue weighted by molar-refractivity contribution is -0.139. The molecule has 0 aliphatic heterocycles. The SMILES string of the molecule is COC(CNC(=O)c1cc(C)ccc1C)CC(=O)O. The highest BCUT2D eigenvalue weighted by Gasteiger charge is 2.15. The molecule has 1 amide bonds. The molecule has 0 saturated heterocycles. The average molecular weight is 265 g/mol. The van der Waals surface area contributed by atoms with Crippen molar-refractivity contribution in [3.8, 4) is 0 Å². The first kappa shape index (κ1) is 15.2. The van der Waals surface area contributed by atoms with Gasteiger partial charge in [0.2, 0.25) is 0 Å². The van der Waals surface area contributed by atoms with E-state index in [1.807, 2.05) is 32.0 Å². The summed E-state index contributed by atoms with van der Waals surface area (Å²) in [5.74, 6) is -1.17. The van der Waals surface area contributed by atoms with Gasteiger partial charge < -0.3 is 15.2 Å². The van der Waals surface area contributed by atoms with Gasteiger partial charge in [-0.1, -0.05) is 17.7 Å². The number of carbonyl (C=O) groups is 2. The molecule has 0 bridgehead atoms. The molecule has 2 N–H and O–H groups in total. The number of rotatable bonds is 6. The zero-order valence-corrected chi connectivity index (χ0v) is 11.4. The van der Waals surface area contributed by atoms with Gasteiger partial charge in [-0.05, 0) is 25.5 Å². The van der Waals surface area contributed by atoms with Gasteiger partial charge in [0, 0.05) is 19.2 Å². The molecule has 1 unspecified atom stereocenters. The second-order valence-corrected chi connectivity index (χ2v) is 4.48. The first-order valence-electron chi connectivity index (χ1n) is 6.04. The van der Waals surface area contributed by atoms with Crippen molar-refractivity contribution in [2.24, 2.45) is 0 Å². The third-order valence-electron chi connectivity index (χ3n) is 2.86. The first-order chi connectivity index (χ1) is 8.93. The molecule has 0 fully saturated rings. The van der Waals surface area contributed by atoms with Crippen LogP contribution in [0.25, 0.3) is 0 Å². The minimum Gasteiger partial charge on any atom is -0.481 e. The molecule has 0 aromatic heterocycles. The number of ether oxygens (including phenoxy) is 1. The highest BCUT2D eigenvalue weighted by Crippen LogP contribution is 2.10. The summed E-state index contributed by atoms with van der Waals surface area (Å²) >= 11 is 0. The fourth-order valence-electron chi connectivity index (χ4n) is 1.72. The van der Waals surface area contributed by atoms with Crippen LogP contribution in [0.3, 0.4) is 0 Å². The number of amides is 1. The molecule has 0 aliphatic carbocycles. The molecule has 0 spiro atoms. The summed E-state index contributed by atoms with van der Waals surface area (Å²) in [6.45, 7) is 3.95. The van der Waals surface area contributed by atoms with Crippen molar-refractivity contribution in [2.45, 2.75) is 26.4 Å². The average Bonchev–Trinajstić information content (AvgIpc) is 2.36.